The van der Waals surface area contributed by atoms with Crippen LogP contribution in [0.5, 0.6) is 0 Å². The van der Waals surface area contributed by atoms with Gasteiger partial charge in [0.15, 0.2) is 5.78 Å². The van der Waals surface area contributed by atoms with Gasteiger partial charge in [-0.05, 0) is 38.0 Å². The molecule has 1 aliphatic rings. The molecule has 1 fully saturated rings. The van der Waals surface area contributed by atoms with Crippen molar-refractivity contribution in [2.45, 2.75) is 117 Å². The maximum absolute atomic E-state index is 13.4. The second kappa shape index (κ2) is 14.7. The standard InChI is InChI=1S/C28H50N4O7/c1-11-16(5)21(30-27(38)23(17(6)12-2)32(10)19(8)34)25(36)31-22(18(7)33)26(37)29-20(13-15(3)4)24(35)28(9)14-39-28/h15-18,20-23,33H,11-14H2,1-10H3,(H,29,37)(H,30,38)(H,31,36)/t16?,17?,18?,20?,21?,22-,23-,28?/m0/s1. The number of carbonyl (C=O) groups is 5. The van der Waals surface area contributed by atoms with E-state index in [9.17, 15) is 29.1 Å². The number of amides is 4. The predicted octanol–water partition coefficient (Wildman–Crippen LogP) is 1.16. The molecule has 4 amide bonds. The van der Waals surface area contributed by atoms with Crippen molar-refractivity contribution in [3.63, 3.8) is 0 Å². The normalized spacial score (nSPS) is 21.9. The van der Waals surface area contributed by atoms with Crippen LogP contribution in [0.25, 0.3) is 0 Å². The number of ketones is 1. The van der Waals surface area contributed by atoms with Crippen molar-refractivity contribution in [2.24, 2.45) is 17.8 Å². The number of carbonyl (C=O) groups excluding carboxylic acids is 5. The molecular weight excluding hydrogens is 504 g/mol. The molecule has 1 rings (SSSR count). The molecular formula is C28H50N4O7. The lowest BCUT2D eigenvalue weighted by Gasteiger charge is -2.34. The van der Waals surface area contributed by atoms with Crippen molar-refractivity contribution >= 4 is 29.4 Å². The molecule has 6 unspecified atom stereocenters. The Labute approximate surface area is 233 Å². The summed E-state index contributed by atoms with van der Waals surface area (Å²) in [5.41, 5.74) is -0.943. The number of Topliss-reactive ketones (excluding diaryl/α,β-unsaturated/α-hetero) is 1. The van der Waals surface area contributed by atoms with Crippen molar-refractivity contribution in [3.8, 4) is 0 Å². The van der Waals surface area contributed by atoms with Crippen LogP contribution in [0, 0.1) is 17.8 Å². The van der Waals surface area contributed by atoms with Crippen molar-refractivity contribution in [1.82, 2.24) is 20.9 Å². The third kappa shape index (κ3) is 9.56. The van der Waals surface area contributed by atoms with Crippen molar-refractivity contribution in [3.05, 3.63) is 0 Å². The predicted molar refractivity (Wildman–Crippen MR) is 147 cm³/mol. The molecule has 224 valence electrons. The fraction of sp³-hybridized carbons (Fsp3) is 0.821. The SMILES string of the molecule is CCC(C)C(NC(=O)[C@H](C(C)CC)N(C)C(C)=O)C(=O)N[C@H](C(=O)NC(CC(C)C)C(=O)C1(C)CO1)C(C)O. The molecule has 0 aromatic heterocycles. The second-order valence-electron chi connectivity index (χ2n) is 11.6. The van der Waals surface area contributed by atoms with E-state index in [4.69, 9.17) is 4.74 Å². The number of hydrogen-bond acceptors (Lipinski definition) is 7. The average molecular weight is 555 g/mol. The highest BCUT2D eigenvalue weighted by atomic mass is 16.6. The van der Waals surface area contributed by atoms with Gasteiger partial charge >= 0.3 is 0 Å². The molecule has 0 radical (unpaired) electrons. The monoisotopic (exact) mass is 554 g/mol. The molecule has 8 atom stereocenters. The van der Waals surface area contributed by atoms with Gasteiger partial charge < -0.3 is 30.7 Å². The number of ether oxygens (including phenoxy) is 1. The second-order valence-corrected chi connectivity index (χ2v) is 11.6. The molecule has 0 aromatic rings. The Balaban J connectivity index is 3.15. The van der Waals surface area contributed by atoms with Gasteiger partial charge in [-0.3, -0.25) is 24.0 Å². The maximum Gasteiger partial charge on any atom is 0.245 e. The molecule has 1 heterocycles. The van der Waals surface area contributed by atoms with Crippen LogP contribution >= 0.6 is 0 Å². The summed E-state index contributed by atoms with van der Waals surface area (Å²) in [6.45, 7) is 16.0. The average Bonchev–Trinajstić information content (AvgIpc) is 3.61. The summed E-state index contributed by atoms with van der Waals surface area (Å²) in [4.78, 5) is 66.4. The summed E-state index contributed by atoms with van der Waals surface area (Å²) in [7, 11) is 1.55. The molecule has 0 spiro atoms. The highest BCUT2D eigenvalue weighted by Gasteiger charge is 2.50. The van der Waals surface area contributed by atoms with E-state index in [2.05, 4.69) is 16.0 Å². The van der Waals surface area contributed by atoms with Gasteiger partial charge in [0.25, 0.3) is 0 Å². The molecule has 0 aliphatic carbocycles. The van der Waals surface area contributed by atoms with E-state index in [-0.39, 0.29) is 36.1 Å². The van der Waals surface area contributed by atoms with Crippen LogP contribution < -0.4 is 16.0 Å². The van der Waals surface area contributed by atoms with Crippen LogP contribution in [0.3, 0.4) is 0 Å². The van der Waals surface area contributed by atoms with Crippen LogP contribution in [0.1, 0.15) is 81.6 Å². The Morgan fingerprint density at radius 1 is 0.872 bits per heavy atom. The highest BCUT2D eigenvalue weighted by Crippen LogP contribution is 2.29. The van der Waals surface area contributed by atoms with Crippen LogP contribution in [0.2, 0.25) is 0 Å². The summed E-state index contributed by atoms with van der Waals surface area (Å²) >= 11 is 0. The van der Waals surface area contributed by atoms with E-state index in [1.54, 1.807) is 20.9 Å². The first-order valence-electron chi connectivity index (χ1n) is 14.0. The minimum atomic E-state index is -1.36. The van der Waals surface area contributed by atoms with Gasteiger partial charge in [-0.1, -0.05) is 54.4 Å². The quantitative estimate of drug-likeness (QED) is 0.209. The summed E-state index contributed by atoms with van der Waals surface area (Å²) in [6.07, 6.45) is 0.280. The Morgan fingerprint density at radius 3 is 1.77 bits per heavy atom. The molecule has 11 nitrogen and oxygen atoms in total. The summed E-state index contributed by atoms with van der Waals surface area (Å²) in [5.74, 6) is -2.73. The molecule has 4 N–H and O–H groups in total. The zero-order valence-corrected chi connectivity index (χ0v) is 25.3. The lowest BCUT2D eigenvalue weighted by molar-refractivity contribution is -0.141. The van der Waals surface area contributed by atoms with Crippen LogP contribution in [0.4, 0.5) is 0 Å². The third-order valence-electron chi connectivity index (χ3n) is 7.66. The minimum absolute atomic E-state index is 0.0952. The highest BCUT2D eigenvalue weighted by molar-refractivity contribution is 5.99. The Kier molecular flexibility index (Phi) is 13.0. The first kappa shape index (κ1) is 34.5. The van der Waals surface area contributed by atoms with E-state index < -0.39 is 53.6 Å². The molecule has 1 aliphatic heterocycles. The Bertz CT molecular complexity index is 887. The summed E-state index contributed by atoms with van der Waals surface area (Å²) in [5, 5.41) is 18.5. The summed E-state index contributed by atoms with van der Waals surface area (Å²) < 4.78 is 5.27. The van der Waals surface area contributed by atoms with Gasteiger partial charge in [0, 0.05) is 14.0 Å². The maximum atomic E-state index is 13.4. The van der Waals surface area contributed by atoms with Gasteiger partial charge in [-0.2, -0.15) is 0 Å². The third-order valence-corrected chi connectivity index (χ3v) is 7.66. The number of rotatable bonds is 16. The van der Waals surface area contributed by atoms with E-state index in [1.807, 2.05) is 34.6 Å². The smallest absolute Gasteiger partial charge is 0.245 e. The fourth-order valence-electron chi connectivity index (χ4n) is 4.41. The largest absolute Gasteiger partial charge is 0.391 e. The number of aliphatic hydroxyl groups is 1. The van der Waals surface area contributed by atoms with Crippen LogP contribution in [-0.2, 0) is 28.7 Å². The Hall–Kier alpha value is -2.53. The zero-order valence-electron chi connectivity index (χ0n) is 25.3. The van der Waals surface area contributed by atoms with E-state index in [1.165, 1.54) is 18.7 Å². The number of nitrogens with one attached hydrogen (secondary N) is 3. The lowest BCUT2D eigenvalue weighted by atomic mass is 9.92. The number of hydrogen-bond donors (Lipinski definition) is 4. The lowest BCUT2D eigenvalue weighted by Crippen LogP contribution is -2.62. The summed E-state index contributed by atoms with van der Waals surface area (Å²) in [6, 6.07) is -4.00. The Morgan fingerprint density at radius 2 is 1.36 bits per heavy atom. The molecule has 39 heavy (non-hydrogen) atoms. The molecule has 0 aromatic carbocycles. The molecule has 11 heteroatoms. The number of likely N-dealkylation sites (N-methyl/N-ethyl adjacent to an activating group) is 1. The van der Waals surface area contributed by atoms with Gasteiger partial charge in [-0.25, -0.2) is 0 Å². The number of epoxide rings is 1. The van der Waals surface area contributed by atoms with Crippen LogP contribution in [-0.4, -0.2) is 88.9 Å². The first-order chi connectivity index (χ1) is 18.0. The van der Waals surface area contributed by atoms with E-state index in [0.717, 1.165) is 0 Å². The number of nitrogens with zero attached hydrogens (tertiary/aromatic N) is 1. The fourth-order valence-corrected chi connectivity index (χ4v) is 4.41. The van der Waals surface area contributed by atoms with Gasteiger partial charge in [0.1, 0.15) is 23.7 Å². The van der Waals surface area contributed by atoms with Gasteiger partial charge in [0.2, 0.25) is 23.6 Å². The molecule has 0 saturated carbocycles. The van der Waals surface area contributed by atoms with Crippen molar-refractivity contribution in [2.75, 3.05) is 13.7 Å². The van der Waals surface area contributed by atoms with Crippen molar-refractivity contribution < 1.29 is 33.8 Å². The van der Waals surface area contributed by atoms with Gasteiger partial charge in [-0.15, -0.1) is 0 Å². The van der Waals surface area contributed by atoms with Crippen molar-refractivity contribution in [1.29, 1.82) is 0 Å². The zero-order chi connectivity index (χ0) is 30.2. The number of aliphatic hydroxyl groups excluding tert-OH is 1. The molecule has 0 bridgehead atoms. The van der Waals surface area contributed by atoms with Gasteiger partial charge in [0.05, 0.1) is 18.8 Å². The molecule has 1 saturated heterocycles. The van der Waals surface area contributed by atoms with E-state index in [0.29, 0.717) is 19.3 Å². The van der Waals surface area contributed by atoms with E-state index >= 15 is 0 Å². The minimum Gasteiger partial charge on any atom is -0.391 e. The topological polar surface area (TPSA) is 157 Å². The van der Waals surface area contributed by atoms with Crippen LogP contribution in [0.15, 0.2) is 0 Å². The first-order valence-corrected chi connectivity index (χ1v) is 14.0.